The normalized spacial score (nSPS) is 14.3. The minimum Gasteiger partial charge on any atom is -0.490 e. The molecule has 26 heavy (non-hydrogen) atoms. The van der Waals surface area contributed by atoms with E-state index in [2.05, 4.69) is 16.2 Å². The lowest BCUT2D eigenvalue weighted by atomic mass is 9.89. The average molecular weight is 379 g/mol. The molecule has 0 bridgehead atoms. The summed E-state index contributed by atoms with van der Waals surface area (Å²) >= 11 is 5.08. The summed E-state index contributed by atoms with van der Waals surface area (Å²) in [5.41, 5.74) is 5.52. The van der Waals surface area contributed by atoms with E-state index in [1.165, 1.54) is 6.42 Å². The number of hydrogen-bond acceptors (Lipinski definition) is 5. The maximum Gasteiger partial charge on any atom is 0.261 e. The van der Waals surface area contributed by atoms with Gasteiger partial charge in [-0.25, -0.2) is 0 Å². The van der Waals surface area contributed by atoms with Gasteiger partial charge in [0.25, 0.3) is 5.91 Å². The van der Waals surface area contributed by atoms with Crippen LogP contribution in [0.15, 0.2) is 24.3 Å². The Bertz CT molecular complexity index is 633. The zero-order valence-electron chi connectivity index (χ0n) is 14.9. The third-order valence-corrected chi connectivity index (χ3v) is 4.38. The molecule has 0 unspecified atom stereocenters. The van der Waals surface area contributed by atoms with Gasteiger partial charge in [-0.15, -0.1) is 0 Å². The third kappa shape index (κ3) is 6.27. The van der Waals surface area contributed by atoms with E-state index in [0.29, 0.717) is 24.5 Å². The molecule has 0 aromatic heterocycles. The van der Waals surface area contributed by atoms with E-state index in [1.807, 2.05) is 0 Å². The van der Waals surface area contributed by atoms with Gasteiger partial charge >= 0.3 is 0 Å². The minimum absolute atomic E-state index is 0.00432. The van der Waals surface area contributed by atoms with Crippen LogP contribution in [0, 0.1) is 5.92 Å². The lowest BCUT2D eigenvalue weighted by molar-refractivity contribution is -0.126. The van der Waals surface area contributed by atoms with Gasteiger partial charge in [-0.1, -0.05) is 31.4 Å². The summed E-state index contributed by atoms with van der Waals surface area (Å²) in [6, 6.07) is 6.85. The molecule has 2 amide bonds. The molecule has 0 atom stereocenters. The number of rotatable bonds is 6. The predicted molar refractivity (Wildman–Crippen MR) is 102 cm³/mol. The fourth-order valence-electron chi connectivity index (χ4n) is 2.80. The van der Waals surface area contributed by atoms with Gasteiger partial charge in [0.2, 0.25) is 5.91 Å². The van der Waals surface area contributed by atoms with Crippen molar-refractivity contribution < 1.29 is 19.1 Å². The van der Waals surface area contributed by atoms with Crippen LogP contribution in [-0.4, -0.2) is 37.3 Å². The van der Waals surface area contributed by atoms with Gasteiger partial charge in [0.15, 0.2) is 5.11 Å². The van der Waals surface area contributed by atoms with Crippen molar-refractivity contribution in [1.82, 2.24) is 16.2 Å². The lowest BCUT2D eigenvalue weighted by Crippen LogP contribution is -2.50. The highest BCUT2D eigenvalue weighted by atomic mass is 32.1. The highest BCUT2D eigenvalue weighted by molar-refractivity contribution is 7.80. The second kappa shape index (κ2) is 10.7. The first-order valence-electron chi connectivity index (χ1n) is 8.73. The smallest absolute Gasteiger partial charge is 0.261 e. The molecule has 0 aliphatic heterocycles. The number of methoxy groups -OCH3 is 1. The molecule has 0 heterocycles. The Hall–Kier alpha value is -2.19. The first-order chi connectivity index (χ1) is 12.6. The maximum atomic E-state index is 12.4. The number of hydrogen-bond donors (Lipinski definition) is 3. The summed E-state index contributed by atoms with van der Waals surface area (Å²) in [7, 11) is 1.58. The van der Waals surface area contributed by atoms with Crippen LogP contribution in [-0.2, 0) is 9.53 Å². The standard InChI is InChI=1S/C18H25N3O4S/c1-24-11-12-25-15-10-6-5-9-14(15)17(23)19-18(26)21-20-16(22)13-7-3-2-4-8-13/h5-6,9-10,13H,2-4,7-8,11-12H2,1H3,(H,20,22)(H2,19,21,23,26). The Morgan fingerprint density at radius 1 is 1.12 bits per heavy atom. The van der Waals surface area contributed by atoms with Crippen molar-refractivity contribution >= 4 is 29.1 Å². The molecule has 1 aromatic rings. The zero-order chi connectivity index (χ0) is 18.8. The second-order valence-electron chi connectivity index (χ2n) is 6.07. The number of para-hydroxylation sites is 1. The van der Waals surface area contributed by atoms with Crippen molar-refractivity contribution in [2.75, 3.05) is 20.3 Å². The van der Waals surface area contributed by atoms with Crippen LogP contribution in [0.25, 0.3) is 0 Å². The third-order valence-electron chi connectivity index (χ3n) is 4.18. The van der Waals surface area contributed by atoms with Gasteiger partial charge in [-0.2, -0.15) is 0 Å². The molecule has 1 fully saturated rings. The predicted octanol–water partition coefficient (Wildman–Crippen LogP) is 1.93. The SMILES string of the molecule is COCCOc1ccccc1C(=O)NC(=S)NNC(=O)C1CCCCC1. The highest BCUT2D eigenvalue weighted by Crippen LogP contribution is 2.23. The Kier molecular flexibility index (Phi) is 8.30. The van der Waals surface area contributed by atoms with Crippen molar-refractivity contribution in [1.29, 1.82) is 0 Å². The monoisotopic (exact) mass is 379 g/mol. The number of benzene rings is 1. The molecular formula is C18H25N3O4S. The summed E-state index contributed by atoms with van der Waals surface area (Å²) < 4.78 is 10.5. The molecule has 1 aromatic carbocycles. The quantitative estimate of drug-likeness (QED) is 0.398. The number of nitrogens with one attached hydrogen (secondary N) is 3. The van der Waals surface area contributed by atoms with Crippen molar-refractivity contribution in [3.8, 4) is 5.75 Å². The first kappa shape index (κ1) is 20.1. The number of carbonyl (C=O) groups excluding carboxylic acids is 2. The molecule has 2 rings (SSSR count). The molecule has 7 nitrogen and oxygen atoms in total. The van der Waals surface area contributed by atoms with Gasteiger partial charge in [0, 0.05) is 13.0 Å². The van der Waals surface area contributed by atoms with E-state index in [4.69, 9.17) is 21.7 Å². The van der Waals surface area contributed by atoms with Gasteiger partial charge in [0.05, 0.1) is 12.2 Å². The van der Waals surface area contributed by atoms with Crippen LogP contribution in [0.5, 0.6) is 5.75 Å². The Morgan fingerprint density at radius 3 is 2.58 bits per heavy atom. The van der Waals surface area contributed by atoms with Crippen molar-refractivity contribution in [2.45, 2.75) is 32.1 Å². The topological polar surface area (TPSA) is 88.7 Å². The molecule has 8 heteroatoms. The minimum atomic E-state index is -0.414. The number of ether oxygens (including phenoxy) is 2. The average Bonchev–Trinajstić information content (AvgIpc) is 2.67. The van der Waals surface area contributed by atoms with Crippen LogP contribution < -0.4 is 20.9 Å². The Morgan fingerprint density at radius 2 is 1.85 bits per heavy atom. The van der Waals surface area contributed by atoms with E-state index < -0.39 is 5.91 Å². The van der Waals surface area contributed by atoms with Gasteiger partial charge in [-0.05, 0) is 37.2 Å². The van der Waals surface area contributed by atoms with Crippen molar-refractivity contribution in [2.24, 2.45) is 5.92 Å². The summed E-state index contributed by atoms with van der Waals surface area (Å²) in [6.45, 7) is 0.754. The number of carbonyl (C=O) groups is 2. The zero-order valence-corrected chi connectivity index (χ0v) is 15.7. The number of thiocarbonyl (C=S) groups is 1. The number of hydrazine groups is 1. The molecule has 3 N–H and O–H groups in total. The van der Waals surface area contributed by atoms with Crippen molar-refractivity contribution in [3.05, 3.63) is 29.8 Å². The fourth-order valence-corrected chi connectivity index (χ4v) is 2.95. The van der Waals surface area contributed by atoms with E-state index in [0.717, 1.165) is 25.7 Å². The number of amides is 2. The molecule has 0 saturated heterocycles. The summed E-state index contributed by atoms with van der Waals surface area (Å²) in [5.74, 6) is -0.0622. The lowest BCUT2D eigenvalue weighted by Gasteiger charge is -2.21. The van der Waals surface area contributed by atoms with E-state index in [9.17, 15) is 9.59 Å². The van der Waals surface area contributed by atoms with E-state index in [-0.39, 0.29) is 16.9 Å². The molecule has 0 radical (unpaired) electrons. The van der Waals surface area contributed by atoms with Crippen LogP contribution in [0.2, 0.25) is 0 Å². The van der Waals surface area contributed by atoms with Crippen LogP contribution >= 0.6 is 12.2 Å². The maximum absolute atomic E-state index is 12.4. The molecule has 1 aliphatic rings. The van der Waals surface area contributed by atoms with Gasteiger partial charge in [0.1, 0.15) is 12.4 Å². The summed E-state index contributed by atoms with van der Waals surface area (Å²) in [6.07, 6.45) is 5.09. The second-order valence-corrected chi connectivity index (χ2v) is 6.48. The molecule has 142 valence electrons. The van der Waals surface area contributed by atoms with Crippen molar-refractivity contribution in [3.63, 3.8) is 0 Å². The molecule has 1 aliphatic carbocycles. The Labute approximate surface area is 158 Å². The first-order valence-corrected chi connectivity index (χ1v) is 9.14. The largest absolute Gasteiger partial charge is 0.490 e. The molecular weight excluding hydrogens is 354 g/mol. The van der Waals surface area contributed by atoms with E-state index >= 15 is 0 Å². The highest BCUT2D eigenvalue weighted by Gasteiger charge is 2.21. The van der Waals surface area contributed by atoms with Gasteiger partial charge in [-0.3, -0.25) is 25.8 Å². The Balaban J connectivity index is 1.83. The molecule has 0 spiro atoms. The van der Waals surface area contributed by atoms with Crippen LogP contribution in [0.4, 0.5) is 0 Å². The van der Waals surface area contributed by atoms with Crippen LogP contribution in [0.1, 0.15) is 42.5 Å². The summed E-state index contributed by atoms with van der Waals surface area (Å²) in [4.78, 5) is 24.5. The fraction of sp³-hybridized carbons (Fsp3) is 0.500. The summed E-state index contributed by atoms with van der Waals surface area (Å²) in [5, 5.41) is 2.57. The van der Waals surface area contributed by atoms with E-state index in [1.54, 1.807) is 31.4 Å². The van der Waals surface area contributed by atoms with Gasteiger partial charge < -0.3 is 9.47 Å². The molecule has 1 saturated carbocycles. The van der Waals surface area contributed by atoms with Crippen LogP contribution in [0.3, 0.4) is 0 Å².